The molecule has 0 atom stereocenters. The molecule has 1 heterocycles. The predicted octanol–water partition coefficient (Wildman–Crippen LogP) is 9.69. The van der Waals surface area contributed by atoms with Gasteiger partial charge < -0.3 is 0 Å². The second-order valence-electron chi connectivity index (χ2n) is 10.8. The van der Waals surface area contributed by atoms with E-state index in [1.54, 1.807) is 0 Å². The predicted molar refractivity (Wildman–Crippen MR) is 147 cm³/mol. The van der Waals surface area contributed by atoms with Crippen LogP contribution in [0.5, 0.6) is 0 Å². The number of hydrogen-bond acceptors (Lipinski definition) is 1. The summed E-state index contributed by atoms with van der Waals surface area (Å²) in [6.45, 7) is 0. The summed E-state index contributed by atoms with van der Waals surface area (Å²) < 4.78 is 0. The Morgan fingerprint density at radius 2 is 1.06 bits per heavy atom. The third kappa shape index (κ3) is 4.82. The lowest BCUT2D eigenvalue weighted by molar-refractivity contribution is 0.114. The molecule has 1 heteroatoms. The molecule has 3 aromatic carbocycles. The van der Waals surface area contributed by atoms with Crippen LogP contribution in [0.3, 0.4) is 0 Å². The average molecular weight is 458 g/mol. The van der Waals surface area contributed by atoms with E-state index in [2.05, 4.69) is 97.1 Å². The Kier molecular flexibility index (Phi) is 6.25. The molecule has 0 amide bonds. The van der Waals surface area contributed by atoms with Gasteiger partial charge in [-0.25, -0.2) is 4.98 Å². The van der Waals surface area contributed by atoms with Gasteiger partial charge in [-0.05, 0) is 78.7 Å². The second kappa shape index (κ2) is 9.82. The van der Waals surface area contributed by atoms with E-state index in [0.717, 1.165) is 28.4 Å². The van der Waals surface area contributed by atoms with E-state index in [-0.39, 0.29) is 0 Å². The Balaban J connectivity index is 1.28. The van der Waals surface area contributed by atoms with Gasteiger partial charge in [-0.15, -0.1) is 0 Å². The Labute approximate surface area is 210 Å². The molecule has 176 valence electrons. The number of benzene rings is 3. The molecule has 1 nitrogen and oxygen atoms in total. The molecule has 2 fully saturated rings. The van der Waals surface area contributed by atoms with Gasteiger partial charge in [0, 0.05) is 11.1 Å². The molecule has 4 aromatic rings. The van der Waals surface area contributed by atoms with Crippen molar-refractivity contribution in [3.63, 3.8) is 0 Å². The monoisotopic (exact) mass is 457 g/mol. The molecule has 0 unspecified atom stereocenters. The van der Waals surface area contributed by atoms with Crippen LogP contribution in [0, 0.1) is 5.41 Å². The van der Waals surface area contributed by atoms with Crippen molar-refractivity contribution in [1.82, 2.24) is 4.98 Å². The molecule has 2 aliphatic rings. The molecule has 2 aliphatic carbocycles. The highest BCUT2D eigenvalue weighted by atomic mass is 14.7. The van der Waals surface area contributed by atoms with E-state index >= 15 is 0 Å². The first-order chi connectivity index (χ1) is 17.3. The van der Waals surface area contributed by atoms with Crippen LogP contribution >= 0.6 is 0 Å². The molecule has 1 aromatic heterocycles. The number of pyridine rings is 1. The van der Waals surface area contributed by atoms with E-state index in [9.17, 15) is 0 Å². The first-order valence-electron chi connectivity index (χ1n) is 13.5. The number of rotatable bonds is 4. The first-order valence-corrected chi connectivity index (χ1v) is 13.5. The summed E-state index contributed by atoms with van der Waals surface area (Å²) in [5.41, 5.74) is 9.07. The smallest absolute Gasteiger partial charge is 0.0715 e. The summed E-state index contributed by atoms with van der Waals surface area (Å²) in [6.07, 6.45) is 12.9. The van der Waals surface area contributed by atoms with Crippen molar-refractivity contribution in [3.05, 3.63) is 103 Å². The standard InChI is InChI=1S/C34H35N/c1-4-10-29(11-5-1)32-24-31(25-33(35-32)30-12-6-2-7-13-30)27-16-14-26(15-17-27)28-18-22-34(23-19-28)20-8-3-9-21-34/h1-2,4-7,10-17,24-25,28H,3,8-9,18-23H2. The number of nitrogens with zero attached hydrogens (tertiary/aromatic N) is 1. The molecule has 0 bridgehead atoms. The van der Waals surface area contributed by atoms with Crippen molar-refractivity contribution in [2.24, 2.45) is 5.41 Å². The number of aromatic nitrogens is 1. The highest BCUT2D eigenvalue weighted by Crippen LogP contribution is 2.51. The largest absolute Gasteiger partial charge is 0.248 e. The van der Waals surface area contributed by atoms with Crippen molar-refractivity contribution >= 4 is 0 Å². The van der Waals surface area contributed by atoms with Crippen LogP contribution in [0.4, 0.5) is 0 Å². The second-order valence-corrected chi connectivity index (χ2v) is 10.8. The quantitative estimate of drug-likeness (QED) is 0.297. The third-order valence-electron chi connectivity index (χ3n) is 8.64. The Morgan fingerprint density at radius 3 is 1.60 bits per heavy atom. The minimum Gasteiger partial charge on any atom is -0.248 e. The molecule has 1 spiro atoms. The van der Waals surface area contributed by atoms with E-state index in [4.69, 9.17) is 4.98 Å². The third-order valence-corrected chi connectivity index (χ3v) is 8.64. The molecule has 0 N–H and O–H groups in total. The van der Waals surface area contributed by atoms with Gasteiger partial charge in [-0.3, -0.25) is 0 Å². The highest BCUT2D eigenvalue weighted by Gasteiger charge is 2.36. The summed E-state index contributed by atoms with van der Waals surface area (Å²) >= 11 is 0. The minimum atomic E-state index is 0.688. The molecular weight excluding hydrogens is 422 g/mol. The van der Waals surface area contributed by atoms with Crippen LogP contribution in [0.2, 0.25) is 0 Å². The van der Waals surface area contributed by atoms with Crippen LogP contribution in [-0.2, 0) is 0 Å². The Bertz CT molecular complexity index is 1180. The molecule has 2 saturated carbocycles. The van der Waals surface area contributed by atoms with Crippen LogP contribution in [0.1, 0.15) is 69.3 Å². The fraction of sp³-hybridized carbons (Fsp3) is 0.324. The summed E-state index contributed by atoms with van der Waals surface area (Å²) in [6, 6.07) is 35.0. The zero-order valence-corrected chi connectivity index (χ0v) is 20.6. The van der Waals surface area contributed by atoms with Gasteiger partial charge in [-0.1, -0.05) is 104 Å². The highest BCUT2D eigenvalue weighted by molar-refractivity contribution is 5.76. The van der Waals surface area contributed by atoms with Gasteiger partial charge in [0.05, 0.1) is 11.4 Å². The normalized spacial score (nSPS) is 17.9. The van der Waals surface area contributed by atoms with Crippen molar-refractivity contribution < 1.29 is 0 Å². The SMILES string of the molecule is c1ccc(-c2cc(-c3ccc(C4CCC5(CCCCC5)CC4)cc3)cc(-c3ccccc3)n2)cc1. The molecular formula is C34H35N. The first kappa shape index (κ1) is 22.3. The van der Waals surface area contributed by atoms with Gasteiger partial charge in [0.25, 0.3) is 0 Å². The van der Waals surface area contributed by atoms with Gasteiger partial charge in [0.15, 0.2) is 0 Å². The molecule has 0 radical (unpaired) electrons. The molecule has 0 aliphatic heterocycles. The molecule has 0 saturated heterocycles. The van der Waals surface area contributed by atoms with Crippen molar-refractivity contribution in [2.75, 3.05) is 0 Å². The van der Waals surface area contributed by atoms with Gasteiger partial charge in [0.1, 0.15) is 0 Å². The lowest BCUT2D eigenvalue weighted by Crippen LogP contribution is -2.29. The van der Waals surface area contributed by atoms with Gasteiger partial charge >= 0.3 is 0 Å². The van der Waals surface area contributed by atoms with Crippen LogP contribution in [0.25, 0.3) is 33.6 Å². The lowest BCUT2D eigenvalue weighted by atomic mass is 9.62. The van der Waals surface area contributed by atoms with E-state index in [0.29, 0.717) is 5.41 Å². The van der Waals surface area contributed by atoms with Crippen molar-refractivity contribution in [3.8, 4) is 33.6 Å². The topological polar surface area (TPSA) is 12.9 Å². The van der Waals surface area contributed by atoms with E-state index in [1.807, 2.05) is 0 Å². The number of hydrogen-bond donors (Lipinski definition) is 0. The van der Waals surface area contributed by atoms with Crippen LogP contribution in [0.15, 0.2) is 97.1 Å². The zero-order chi connectivity index (χ0) is 23.5. The summed E-state index contributed by atoms with van der Waals surface area (Å²) in [7, 11) is 0. The fourth-order valence-electron chi connectivity index (χ4n) is 6.52. The maximum atomic E-state index is 5.03. The van der Waals surface area contributed by atoms with Gasteiger partial charge in [0.2, 0.25) is 0 Å². The lowest BCUT2D eigenvalue weighted by Gasteiger charge is -2.43. The van der Waals surface area contributed by atoms with Gasteiger partial charge in [-0.2, -0.15) is 0 Å². The average Bonchev–Trinajstić information content (AvgIpc) is 2.95. The zero-order valence-electron chi connectivity index (χ0n) is 20.6. The molecule has 35 heavy (non-hydrogen) atoms. The van der Waals surface area contributed by atoms with Crippen LogP contribution < -0.4 is 0 Å². The maximum Gasteiger partial charge on any atom is 0.0715 e. The maximum absolute atomic E-state index is 5.03. The Hall–Kier alpha value is -3.19. The van der Waals surface area contributed by atoms with Crippen molar-refractivity contribution in [2.45, 2.75) is 63.7 Å². The van der Waals surface area contributed by atoms with E-state index in [1.165, 1.54) is 74.5 Å². The van der Waals surface area contributed by atoms with E-state index < -0.39 is 0 Å². The fourth-order valence-corrected chi connectivity index (χ4v) is 6.52. The molecule has 6 rings (SSSR count). The summed E-state index contributed by atoms with van der Waals surface area (Å²) in [5.74, 6) is 0.730. The van der Waals surface area contributed by atoms with Crippen LogP contribution in [-0.4, -0.2) is 4.98 Å². The Morgan fingerprint density at radius 1 is 0.514 bits per heavy atom. The van der Waals surface area contributed by atoms with Crippen molar-refractivity contribution in [1.29, 1.82) is 0 Å². The summed E-state index contributed by atoms with van der Waals surface area (Å²) in [5, 5.41) is 0. The minimum absolute atomic E-state index is 0.688. The summed E-state index contributed by atoms with van der Waals surface area (Å²) in [4.78, 5) is 5.03.